The third kappa shape index (κ3) is 6.78. The molecule has 1 aromatic rings. The first kappa shape index (κ1) is 19.1. The molecule has 0 saturated heterocycles. The van der Waals surface area contributed by atoms with E-state index in [0.29, 0.717) is 22.8 Å². The van der Waals surface area contributed by atoms with Crippen LogP contribution < -0.4 is 10.1 Å². The number of hydrogen-bond acceptors (Lipinski definition) is 4. The van der Waals surface area contributed by atoms with Gasteiger partial charge in [0.05, 0.1) is 0 Å². The van der Waals surface area contributed by atoms with Crippen molar-refractivity contribution >= 4 is 23.7 Å². The second kappa shape index (κ2) is 8.06. The minimum Gasteiger partial charge on any atom is -0.479 e. The zero-order chi connectivity index (χ0) is 17.6. The van der Waals surface area contributed by atoms with E-state index in [0.717, 1.165) is 0 Å². The summed E-state index contributed by atoms with van der Waals surface area (Å²) < 4.78 is 10.6. The summed E-state index contributed by atoms with van der Waals surface area (Å²) in [5.41, 5.74) is -0.0305. The van der Waals surface area contributed by atoms with Crippen LogP contribution in [-0.2, 0) is 16.1 Å². The molecule has 0 spiro atoms. The zero-order valence-corrected chi connectivity index (χ0v) is 14.4. The summed E-state index contributed by atoms with van der Waals surface area (Å²) in [5.74, 6) is -0.687. The topological polar surface area (TPSA) is 84.9 Å². The molecule has 1 aromatic carbocycles. The molecule has 0 heterocycles. The van der Waals surface area contributed by atoms with E-state index in [4.69, 9.17) is 26.2 Å². The van der Waals surface area contributed by atoms with E-state index in [1.54, 1.807) is 45.9 Å². The molecule has 0 aliphatic rings. The van der Waals surface area contributed by atoms with Crippen LogP contribution in [0.1, 0.15) is 39.7 Å². The summed E-state index contributed by atoms with van der Waals surface area (Å²) in [6, 6.07) is 4.80. The monoisotopic (exact) mass is 343 g/mol. The maximum Gasteiger partial charge on any atom is 0.407 e. The summed E-state index contributed by atoms with van der Waals surface area (Å²) in [5, 5.41) is 12.1. The average Bonchev–Trinajstić information content (AvgIpc) is 2.41. The van der Waals surface area contributed by atoms with Crippen LogP contribution in [-0.4, -0.2) is 28.9 Å². The summed E-state index contributed by atoms with van der Waals surface area (Å²) in [6.07, 6.45) is -1.22. The summed E-state index contributed by atoms with van der Waals surface area (Å²) in [7, 11) is 0. The smallest absolute Gasteiger partial charge is 0.407 e. The van der Waals surface area contributed by atoms with E-state index >= 15 is 0 Å². The van der Waals surface area contributed by atoms with Crippen LogP contribution in [0.2, 0.25) is 5.02 Å². The zero-order valence-electron chi connectivity index (χ0n) is 13.7. The van der Waals surface area contributed by atoms with Gasteiger partial charge in [0.15, 0.2) is 6.10 Å². The van der Waals surface area contributed by atoms with E-state index in [1.807, 2.05) is 0 Å². The molecule has 0 aromatic heterocycles. The molecular weight excluding hydrogens is 322 g/mol. The maximum atomic E-state index is 11.7. The predicted molar refractivity (Wildman–Crippen MR) is 86.9 cm³/mol. The second-order valence-corrected chi connectivity index (χ2v) is 6.40. The highest BCUT2D eigenvalue weighted by molar-refractivity contribution is 6.30. The highest BCUT2D eigenvalue weighted by Crippen LogP contribution is 2.24. The largest absolute Gasteiger partial charge is 0.479 e. The third-order valence-electron chi connectivity index (χ3n) is 2.76. The van der Waals surface area contributed by atoms with Crippen LogP contribution in [0, 0.1) is 0 Å². The van der Waals surface area contributed by atoms with Crippen molar-refractivity contribution in [1.82, 2.24) is 5.32 Å². The van der Waals surface area contributed by atoms with Crippen LogP contribution >= 0.6 is 11.6 Å². The van der Waals surface area contributed by atoms with Crippen LogP contribution in [0.3, 0.4) is 0 Å². The number of carbonyl (C=O) groups is 2. The molecule has 1 amide bonds. The van der Waals surface area contributed by atoms with Crippen LogP contribution in [0.4, 0.5) is 4.79 Å². The van der Waals surface area contributed by atoms with E-state index in [1.165, 1.54) is 0 Å². The molecule has 0 bridgehead atoms. The Kier molecular flexibility index (Phi) is 6.69. The Morgan fingerprint density at radius 1 is 1.35 bits per heavy atom. The van der Waals surface area contributed by atoms with E-state index in [9.17, 15) is 9.59 Å². The van der Waals surface area contributed by atoms with E-state index in [2.05, 4.69) is 5.32 Å². The molecule has 6 nitrogen and oxygen atoms in total. The van der Waals surface area contributed by atoms with Gasteiger partial charge in [0.25, 0.3) is 0 Å². The molecule has 0 aliphatic heterocycles. The number of hydrogen-bond donors (Lipinski definition) is 2. The minimum atomic E-state index is -1.05. The normalized spacial score (nSPS) is 12.4. The lowest BCUT2D eigenvalue weighted by Crippen LogP contribution is -2.32. The summed E-state index contributed by atoms with van der Waals surface area (Å²) in [4.78, 5) is 22.8. The number of carboxylic acid groups (broad SMARTS) is 1. The molecule has 1 rings (SSSR count). The van der Waals surface area contributed by atoms with Gasteiger partial charge in [0.1, 0.15) is 11.4 Å². The molecular formula is C16H22ClNO5. The van der Waals surface area contributed by atoms with Crippen molar-refractivity contribution in [2.75, 3.05) is 0 Å². The van der Waals surface area contributed by atoms with Crippen molar-refractivity contribution in [2.45, 2.75) is 52.4 Å². The van der Waals surface area contributed by atoms with Gasteiger partial charge in [-0.2, -0.15) is 0 Å². The van der Waals surface area contributed by atoms with Crippen LogP contribution in [0.5, 0.6) is 5.75 Å². The first-order valence-corrected chi connectivity index (χ1v) is 7.65. The van der Waals surface area contributed by atoms with Crippen molar-refractivity contribution in [3.63, 3.8) is 0 Å². The first-order chi connectivity index (χ1) is 10.6. The Balaban J connectivity index is 2.83. The Morgan fingerprint density at radius 3 is 2.52 bits per heavy atom. The highest BCUT2D eigenvalue weighted by atomic mass is 35.5. The van der Waals surface area contributed by atoms with Gasteiger partial charge in [-0.05, 0) is 45.4 Å². The number of aliphatic carboxylic acids is 1. The second-order valence-electron chi connectivity index (χ2n) is 5.96. The molecule has 7 heteroatoms. The fourth-order valence-corrected chi connectivity index (χ4v) is 1.94. The van der Waals surface area contributed by atoms with E-state index in [-0.39, 0.29) is 6.54 Å². The van der Waals surface area contributed by atoms with Gasteiger partial charge in [-0.1, -0.05) is 18.5 Å². The Bertz CT molecular complexity index is 568. The SMILES string of the molecule is CCC(Oc1ccc(Cl)cc1CNC(=O)OC(C)(C)C)C(=O)O. The molecule has 128 valence electrons. The van der Waals surface area contributed by atoms with Gasteiger partial charge in [0.2, 0.25) is 0 Å². The average molecular weight is 344 g/mol. The van der Waals surface area contributed by atoms with Crippen molar-refractivity contribution in [2.24, 2.45) is 0 Å². The Hall–Kier alpha value is -1.95. The predicted octanol–water partition coefficient (Wildman–Crippen LogP) is 3.61. The maximum absolute atomic E-state index is 11.7. The van der Waals surface area contributed by atoms with Gasteiger partial charge in [-0.25, -0.2) is 9.59 Å². The summed E-state index contributed by atoms with van der Waals surface area (Å²) >= 11 is 5.96. The highest BCUT2D eigenvalue weighted by Gasteiger charge is 2.20. The molecule has 0 radical (unpaired) electrons. The number of carboxylic acids is 1. The van der Waals surface area contributed by atoms with Crippen molar-refractivity contribution < 1.29 is 24.2 Å². The number of halogens is 1. The number of rotatable bonds is 6. The summed E-state index contributed by atoms with van der Waals surface area (Å²) in [6.45, 7) is 7.12. The van der Waals surface area contributed by atoms with Crippen molar-refractivity contribution in [1.29, 1.82) is 0 Å². The number of amides is 1. The third-order valence-corrected chi connectivity index (χ3v) is 3.00. The lowest BCUT2D eigenvalue weighted by molar-refractivity contribution is -0.145. The van der Waals surface area contributed by atoms with Gasteiger partial charge in [-0.3, -0.25) is 0 Å². The molecule has 0 fully saturated rings. The molecule has 23 heavy (non-hydrogen) atoms. The quantitative estimate of drug-likeness (QED) is 0.824. The Labute approximate surface area is 140 Å². The molecule has 0 aliphatic carbocycles. The fourth-order valence-electron chi connectivity index (χ4n) is 1.74. The first-order valence-electron chi connectivity index (χ1n) is 7.27. The minimum absolute atomic E-state index is 0.112. The fraction of sp³-hybridized carbons (Fsp3) is 0.500. The lowest BCUT2D eigenvalue weighted by atomic mass is 10.2. The van der Waals surface area contributed by atoms with Crippen LogP contribution in [0.25, 0.3) is 0 Å². The number of nitrogens with one attached hydrogen (secondary N) is 1. The molecule has 1 atom stereocenters. The van der Waals surface area contributed by atoms with Crippen molar-refractivity contribution in [3.8, 4) is 5.75 Å². The molecule has 2 N–H and O–H groups in total. The van der Waals surface area contributed by atoms with Gasteiger partial charge in [0, 0.05) is 17.1 Å². The number of benzene rings is 1. The number of carbonyl (C=O) groups excluding carboxylic acids is 1. The van der Waals surface area contributed by atoms with Gasteiger partial charge >= 0.3 is 12.1 Å². The Morgan fingerprint density at radius 2 is 2.00 bits per heavy atom. The standard InChI is InChI=1S/C16H22ClNO5/c1-5-12(14(19)20)22-13-7-6-11(17)8-10(13)9-18-15(21)23-16(2,3)4/h6-8,12H,5,9H2,1-4H3,(H,18,21)(H,19,20). The van der Waals surface area contributed by atoms with Gasteiger partial charge in [-0.15, -0.1) is 0 Å². The lowest BCUT2D eigenvalue weighted by Gasteiger charge is -2.20. The number of ether oxygens (including phenoxy) is 2. The van der Waals surface area contributed by atoms with Gasteiger partial charge < -0.3 is 19.9 Å². The molecule has 0 saturated carbocycles. The number of alkyl carbamates (subject to hydrolysis) is 1. The van der Waals surface area contributed by atoms with Crippen LogP contribution in [0.15, 0.2) is 18.2 Å². The molecule has 1 unspecified atom stereocenters. The van der Waals surface area contributed by atoms with Crippen molar-refractivity contribution in [3.05, 3.63) is 28.8 Å². The van der Waals surface area contributed by atoms with E-state index < -0.39 is 23.8 Å².